The number of carbonyl (C=O) groups excluding carboxylic acids is 2. The monoisotopic (exact) mass is 415 g/mol. The van der Waals surface area contributed by atoms with E-state index in [2.05, 4.69) is 10.4 Å². The Balaban J connectivity index is 1.43. The van der Waals surface area contributed by atoms with Crippen LogP contribution in [0, 0.1) is 5.82 Å². The smallest absolute Gasteiger partial charge is 0.350 e. The van der Waals surface area contributed by atoms with Crippen LogP contribution in [-0.2, 0) is 24.4 Å². The molecule has 2 heterocycles. The Labute approximate surface area is 169 Å². The number of anilines is 1. The van der Waals surface area contributed by atoms with E-state index in [1.807, 2.05) is 6.07 Å². The van der Waals surface area contributed by atoms with Gasteiger partial charge in [0, 0.05) is 12.2 Å². The van der Waals surface area contributed by atoms with E-state index in [4.69, 9.17) is 11.6 Å². The highest BCUT2D eigenvalue weighted by atomic mass is 35.5. The molecular formula is C19H15ClFN5O3. The first-order valence-corrected chi connectivity index (χ1v) is 9.08. The number of para-hydroxylation sites is 1. The first kappa shape index (κ1) is 18.9. The molecule has 3 aromatic rings. The highest BCUT2D eigenvalue weighted by molar-refractivity contribution is 6.30. The van der Waals surface area contributed by atoms with E-state index >= 15 is 0 Å². The topological polar surface area (TPSA) is 89.2 Å². The van der Waals surface area contributed by atoms with Gasteiger partial charge in [-0.05, 0) is 29.8 Å². The summed E-state index contributed by atoms with van der Waals surface area (Å²) in [5.41, 5.74) is 0.589. The van der Waals surface area contributed by atoms with E-state index in [-0.39, 0.29) is 30.5 Å². The average Bonchev–Trinajstić information content (AvgIpc) is 3.20. The summed E-state index contributed by atoms with van der Waals surface area (Å²) >= 11 is 5.71. The molecule has 1 aliphatic rings. The number of aromatic nitrogens is 3. The van der Waals surface area contributed by atoms with Crippen LogP contribution in [0.3, 0.4) is 0 Å². The fraction of sp³-hybridized carbons (Fsp3) is 0.158. The fourth-order valence-corrected chi connectivity index (χ4v) is 3.23. The number of nitrogens with zero attached hydrogens (tertiary/aromatic N) is 4. The molecular weight excluding hydrogens is 401 g/mol. The molecule has 29 heavy (non-hydrogen) atoms. The second kappa shape index (κ2) is 7.51. The average molecular weight is 416 g/mol. The molecule has 0 spiro atoms. The minimum atomic E-state index is -0.677. The molecule has 1 N–H and O–H groups in total. The molecule has 0 saturated carbocycles. The summed E-state index contributed by atoms with van der Waals surface area (Å²) in [4.78, 5) is 38.7. The van der Waals surface area contributed by atoms with Crippen molar-refractivity contribution in [3.05, 3.63) is 81.2 Å². The Morgan fingerprint density at radius 3 is 2.62 bits per heavy atom. The number of hydrogen-bond acceptors (Lipinski definition) is 4. The lowest BCUT2D eigenvalue weighted by Crippen LogP contribution is -2.37. The molecule has 148 valence electrons. The van der Waals surface area contributed by atoms with E-state index in [0.717, 1.165) is 9.25 Å². The van der Waals surface area contributed by atoms with Gasteiger partial charge in [-0.1, -0.05) is 35.9 Å². The molecule has 8 nitrogen and oxygen atoms in total. The molecule has 4 rings (SSSR count). The first-order valence-electron chi connectivity index (χ1n) is 8.70. The summed E-state index contributed by atoms with van der Waals surface area (Å²) in [6.07, 6.45) is 0. The zero-order valence-electron chi connectivity index (χ0n) is 15.0. The van der Waals surface area contributed by atoms with Gasteiger partial charge in [0.2, 0.25) is 5.91 Å². The van der Waals surface area contributed by atoms with Gasteiger partial charge in [0.15, 0.2) is 5.82 Å². The van der Waals surface area contributed by atoms with Crippen molar-refractivity contribution in [1.29, 1.82) is 0 Å². The molecule has 0 unspecified atom stereocenters. The molecule has 1 aliphatic heterocycles. The zero-order chi connectivity index (χ0) is 20.5. The van der Waals surface area contributed by atoms with Gasteiger partial charge in [-0.2, -0.15) is 9.67 Å². The maximum absolute atomic E-state index is 13.2. The Kier molecular flexibility index (Phi) is 4.89. The van der Waals surface area contributed by atoms with Crippen molar-refractivity contribution in [2.75, 3.05) is 4.90 Å². The fourth-order valence-electron chi connectivity index (χ4n) is 3.03. The molecule has 0 saturated heterocycles. The number of fused-ring (bicyclic) bond motifs is 1. The van der Waals surface area contributed by atoms with Crippen LogP contribution >= 0.6 is 11.6 Å². The minimum absolute atomic E-state index is 0.0417. The maximum Gasteiger partial charge on any atom is 0.354 e. The molecule has 2 amide bonds. The number of halogens is 2. The normalized spacial score (nSPS) is 12.9. The molecule has 10 heteroatoms. The van der Waals surface area contributed by atoms with Crippen molar-refractivity contribution in [2.45, 2.75) is 19.6 Å². The molecule has 0 atom stereocenters. The van der Waals surface area contributed by atoms with Crippen molar-refractivity contribution in [1.82, 2.24) is 19.7 Å². The van der Waals surface area contributed by atoms with E-state index in [1.165, 1.54) is 23.1 Å². The van der Waals surface area contributed by atoms with Gasteiger partial charge in [-0.25, -0.2) is 18.7 Å². The molecule has 1 aromatic heterocycles. The van der Waals surface area contributed by atoms with Crippen LogP contribution in [0.2, 0.25) is 5.02 Å². The summed E-state index contributed by atoms with van der Waals surface area (Å²) in [6.45, 7) is -0.0883. The summed E-state index contributed by atoms with van der Waals surface area (Å²) in [5, 5.41) is 6.68. The Morgan fingerprint density at radius 1 is 1.17 bits per heavy atom. The van der Waals surface area contributed by atoms with Crippen molar-refractivity contribution in [2.24, 2.45) is 0 Å². The van der Waals surface area contributed by atoms with E-state index < -0.39 is 23.4 Å². The third-order valence-corrected chi connectivity index (χ3v) is 4.75. The van der Waals surface area contributed by atoms with E-state index in [9.17, 15) is 18.8 Å². The third kappa shape index (κ3) is 3.64. The number of rotatable bonds is 5. The van der Waals surface area contributed by atoms with Crippen LogP contribution < -0.4 is 15.9 Å². The first-order chi connectivity index (χ1) is 13.9. The lowest BCUT2D eigenvalue weighted by Gasteiger charge is -2.14. The SMILES string of the molecule is O=C(Cn1nc2n(c1=O)C(=O)N(c1ccccc1)C2)NCc1ccc(F)c(Cl)c1. The number of carbonyl (C=O) groups is 2. The molecule has 0 radical (unpaired) electrons. The summed E-state index contributed by atoms with van der Waals surface area (Å²) in [5.74, 6) is -0.756. The van der Waals surface area contributed by atoms with E-state index in [0.29, 0.717) is 11.3 Å². The standard InChI is InChI=1S/C19H15ClFN5O3/c20-14-8-12(6-7-15(14)21)9-22-17(27)11-25-19(29)26-16(23-25)10-24(18(26)28)13-4-2-1-3-5-13/h1-8H,9-11H2,(H,22,27). The Bertz CT molecular complexity index is 1160. The number of nitrogens with one attached hydrogen (secondary N) is 1. The van der Waals surface area contributed by atoms with Crippen molar-refractivity contribution in [3.63, 3.8) is 0 Å². The predicted octanol–water partition coefficient (Wildman–Crippen LogP) is 2.14. The van der Waals surface area contributed by atoms with Gasteiger partial charge in [0.05, 0.1) is 11.6 Å². The number of benzene rings is 2. The van der Waals surface area contributed by atoms with Crippen molar-refractivity contribution in [3.8, 4) is 0 Å². The predicted molar refractivity (Wildman–Crippen MR) is 103 cm³/mol. The van der Waals surface area contributed by atoms with Gasteiger partial charge in [0.1, 0.15) is 12.4 Å². The zero-order valence-corrected chi connectivity index (χ0v) is 15.8. The van der Waals surface area contributed by atoms with Crippen LogP contribution in [0.25, 0.3) is 0 Å². The molecule has 2 aromatic carbocycles. The Hall–Kier alpha value is -3.46. The second-order valence-corrected chi connectivity index (χ2v) is 6.83. The summed E-state index contributed by atoms with van der Waals surface area (Å²) in [7, 11) is 0. The summed E-state index contributed by atoms with van der Waals surface area (Å²) < 4.78 is 15.1. The van der Waals surface area contributed by atoms with Crippen LogP contribution in [-0.4, -0.2) is 26.3 Å². The van der Waals surface area contributed by atoms with E-state index in [1.54, 1.807) is 24.3 Å². The lowest BCUT2D eigenvalue weighted by molar-refractivity contribution is -0.122. The van der Waals surface area contributed by atoms with Crippen LogP contribution in [0.4, 0.5) is 14.9 Å². The van der Waals surface area contributed by atoms with Gasteiger partial charge in [-0.15, -0.1) is 0 Å². The van der Waals surface area contributed by atoms with Gasteiger partial charge < -0.3 is 5.32 Å². The highest BCUT2D eigenvalue weighted by Crippen LogP contribution is 2.21. The van der Waals surface area contributed by atoms with Gasteiger partial charge in [0.25, 0.3) is 0 Å². The van der Waals surface area contributed by atoms with Crippen molar-refractivity contribution >= 4 is 29.2 Å². The largest absolute Gasteiger partial charge is 0.354 e. The van der Waals surface area contributed by atoms with Crippen LogP contribution in [0.1, 0.15) is 11.4 Å². The molecule has 0 fully saturated rings. The Morgan fingerprint density at radius 2 is 1.93 bits per heavy atom. The van der Waals surface area contributed by atoms with Crippen LogP contribution in [0.15, 0.2) is 53.3 Å². The quantitative estimate of drug-likeness (QED) is 0.691. The second-order valence-electron chi connectivity index (χ2n) is 6.42. The van der Waals surface area contributed by atoms with Crippen LogP contribution in [0.5, 0.6) is 0 Å². The summed E-state index contributed by atoms with van der Waals surface area (Å²) in [6, 6.07) is 12.5. The molecule has 0 aliphatic carbocycles. The van der Waals surface area contributed by atoms with Gasteiger partial charge in [-0.3, -0.25) is 9.69 Å². The minimum Gasteiger partial charge on any atom is -0.350 e. The third-order valence-electron chi connectivity index (χ3n) is 4.46. The molecule has 0 bridgehead atoms. The van der Waals surface area contributed by atoms with Crippen molar-refractivity contribution < 1.29 is 14.0 Å². The number of amides is 2. The maximum atomic E-state index is 13.2. The highest BCUT2D eigenvalue weighted by Gasteiger charge is 2.33. The lowest BCUT2D eigenvalue weighted by atomic mass is 10.2. The van der Waals surface area contributed by atoms with Gasteiger partial charge >= 0.3 is 11.7 Å². The number of hydrogen-bond donors (Lipinski definition) is 1.